The van der Waals surface area contributed by atoms with Crippen LogP contribution in [0.2, 0.25) is 0 Å². The van der Waals surface area contributed by atoms with Crippen LogP contribution in [0.15, 0.2) is 0 Å². The molecule has 0 spiro atoms. The molecule has 0 aromatic carbocycles. The predicted molar refractivity (Wildman–Crippen MR) is 72.2 cm³/mol. The number of ether oxygens (including phenoxy) is 1. The van der Waals surface area contributed by atoms with E-state index in [0.717, 1.165) is 44.3 Å². The maximum atomic E-state index is 11.9. The van der Waals surface area contributed by atoms with Gasteiger partial charge in [-0.2, -0.15) is 0 Å². The highest BCUT2D eigenvalue weighted by molar-refractivity contribution is 8.00. The van der Waals surface area contributed by atoms with Crippen LogP contribution in [0, 0.1) is 0 Å². The van der Waals surface area contributed by atoms with Gasteiger partial charge in [-0.15, -0.1) is 11.8 Å². The molecule has 0 rings (SSSR count). The number of unbranched alkanes of at least 4 members (excludes halogenated alkanes) is 4. The first-order valence-corrected chi connectivity index (χ1v) is 7.56. The topological polar surface area (TPSA) is 26.3 Å². The van der Waals surface area contributed by atoms with Gasteiger partial charge >= 0.3 is 5.97 Å². The first-order chi connectivity index (χ1) is 8.26. The highest BCUT2D eigenvalue weighted by atomic mass is 32.2. The van der Waals surface area contributed by atoms with Crippen LogP contribution in [0.3, 0.4) is 0 Å². The lowest BCUT2D eigenvalue weighted by atomic mass is 10.1. The second kappa shape index (κ2) is 12.2. The summed E-state index contributed by atoms with van der Waals surface area (Å²) in [7, 11) is 1.44. The van der Waals surface area contributed by atoms with Crippen molar-refractivity contribution in [1.29, 1.82) is 0 Å². The van der Waals surface area contributed by atoms with Gasteiger partial charge < -0.3 is 4.74 Å². The van der Waals surface area contributed by atoms with E-state index in [-0.39, 0.29) is 17.9 Å². The van der Waals surface area contributed by atoms with Gasteiger partial charge in [0.1, 0.15) is 5.25 Å². The maximum Gasteiger partial charge on any atom is 0.318 e. The Hall–Kier alpha value is -0.250. The van der Waals surface area contributed by atoms with E-state index in [2.05, 4.69) is 6.92 Å². The van der Waals surface area contributed by atoms with Crippen LogP contribution in [0.1, 0.15) is 51.9 Å². The minimum Gasteiger partial charge on any atom is -0.468 e. The van der Waals surface area contributed by atoms with Crippen molar-refractivity contribution in [3.05, 3.63) is 0 Å². The molecule has 0 fully saturated rings. The van der Waals surface area contributed by atoms with Crippen molar-refractivity contribution >= 4 is 17.7 Å². The van der Waals surface area contributed by atoms with Gasteiger partial charge in [-0.05, 0) is 25.0 Å². The molecule has 0 heterocycles. The van der Waals surface area contributed by atoms with E-state index in [4.69, 9.17) is 4.74 Å². The minimum absolute atomic E-state index is 0.0306. The van der Waals surface area contributed by atoms with Gasteiger partial charge in [0, 0.05) is 0 Å². The van der Waals surface area contributed by atoms with Crippen molar-refractivity contribution in [2.75, 3.05) is 19.5 Å². The molecule has 0 aliphatic heterocycles. The summed E-state index contributed by atoms with van der Waals surface area (Å²) in [5.74, 6) is 0.808. The van der Waals surface area contributed by atoms with Crippen LogP contribution in [-0.2, 0) is 9.53 Å². The van der Waals surface area contributed by atoms with E-state index in [1.807, 2.05) is 0 Å². The Labute approximate surface area is 109 Å². The molecule has 0 aromatic heterocycles. The third-order valence-electron chi connectivity index (χ3n) is 2.63. The zero-order chi connectivity index (χ0) is 12.9. The molecular formula is C13H25FO2S. The zero-order valence-corrected chi connectivity index (χ0v) is 11.9. The summed E-state index contributed by atoms with van der Waals surface area (Å²) in [5, 5.41) is -0.0306. The number of halogens is 1. The van der Waals surface area contributed by atoms with Crippen molar-refractivity contribution in [2.45, 2.75) is 57.1 Å². The smallest absolute Gasteiger partial charge is 0.318 e. The van der Waals surface area contributed by atoms with Gasteiger partial charge in [0.05, 0.1) is 13.8 Å². The van der Waals surface area contributed by atoms with Gasteiger partial charge in [-0.25, -0.2) is 0 Å². The molecule has 0 saturated heterocycles. The Morgan fingerprint density at radius 1 is 1.24 bits per heavy atom. The number of carbonyl (C=O) groups excluding carboxylic acids is 1. The summed E-state index contributed by atoms with van der Waals surface area (Å²) in [6.07, 6.45) is 6.83. The van der Waals surface area contributed by atoms with Crippen LogP contribution in [-0.4, -0.2) is 30.8 Å². The molecule has 17 heavy (non-hydrogen) atoms. The number of carbonyl (C=O) groups is 1. The lowest BCUT2D eigenvalue weighted by Crippen LogP contribution is -2.19. The number of rotatable bonds is 11. The van der Waals surface area contributed by atoms with E-state index >= 15 is 0 Å². The molecule has 0 saturated carbocycles. The van der Waals surface area contributed by atoms with Crippen LogP contribution < -0.4 is 0 Å². The molecule has 0 aliphatic carbocycles. The summed E-state index contributed by atoms with van der Waals surface area (Å²) in [5.41, 5.74) is 0. The molecule has 0 radical (unpaired) electrons. The molecule has 0 aromatic rings. The van der Waals surface area contributed by atoms with Crippen LogP contribution in [0.5, 0.6) is 0 Å². The average molecular weight is 264 g/mol. The normalized spacial score (nSPS) is 12.4. The van der Waals surface area contributed by atoms with E-state index in [9.17, 15) is 9.18 Å². The fourth-order valence-electron chi connectivity index (χ4n) is 1.58. The summed E-state index contributed by atoms with van der Waals surface area (Å²) in [6, 6.07) is 0. The third kappa shape index (κ3) is 9.45. The largest absolute Gasteiger partial charge is 0.468 e. The summed E-state index contributed by atoms with van der Waals surface area (Å²) < 4.78 is 16.7. The highest BCUT2D eigenvalue weighted by Crippen LogP contribution is 2.21. The molecule has 0 N–H and O–H groups in total. The molecule has 102 valence electrons. The molecule has 1 unspecified atom stereocenters. The van der Waals surface area contributed by atoms with Crippen LogP contribution in [0.4, 0.5) is 4.39 Å². The molecule has 2 nitrogen and oxygen atoms in total. The summed E-state index contributed by atoms with van der Waals surface area (Å²) in [6.45, 7) is 1.92. The standard InChI is InChI=1S/C13H25FO2S/c1-3-4-6-9-12(13(15)16-2)17-11-8-5-7-10-14/h12H,3-11H2,1-2H3. The van der Waals surface area contributed by atoms with Crippen LogP contribution in [0.25, 0.3) is 0 Å². The lowest BCUT2D eigenvalue weighted by Gasteiger charge is -2.13. The molecule has 1 atom stereocenters. The Balaban J connectivity index is 3.73. The number of methoxy groups -OCH3 is 1. The quantitative estimate of drug-likeness (QED) is 0.417. The Kier molecular flexibility index (Phi) is 12.0. The van der Waals surface area contributed by atoms with E-state index < -0.39 is 0 Å². The zero-order valence-electron chi connectivity index (χ0n) is 11.0. The maximum absolute atomic E-state index is 11.9. The van der Waals surface area contributed by atoms with Crippen molar-refractivity contribution < 1.29 is 13.9 Å². The predicted octanol–water partition coefficient (Wildman–Crippen LogP) is 3.98. The molecule has 0 aliphatic rings. The molecule has 4 heteroatoms. The van der Waals surface area contributed by atoms with Gasteiger partial charge in [-0.3, -0.25) is 9.18 Å². The van der Waals surface area contributed by atoms with Gasteiger partial charge in [0.15, 0.2) is 0 Å². The third-order valence-corrected chi connectivity index (χ3v) is 3.99. The Morgan fingerprint density at radius 2 is 2.00 bits per heavy atom. The Morgan fingerprint density at radius 3 is 2.59 bits per heavy atom. The van der Waals surface area contributed by atoms with Gasteiger partial charge in [0.2, 0.25) is 0 Å². The first-order valence-electron chi connectivity index (χ1n) is 6.51. The summed E-state index contributed by atoms with van der Waals surface area (Å²) >= 11 is 1.66. The van der Waals surface area contributed by atoms with E-state index in [1.165, 1.54) is 7.11 Å². The number of hydrogen-bond donors (Lipinski definition) is 0. The highest BCUT2D eigenvalue weighted by Gasteiger charge is 2.18. The minimum atomic E-state index is -0.235. The SMILES string of the molecule is CCCCCC(SCCCCCF)C(=O)OC. The molecular weight excluding hydrogens is 239 g/mol. The summed E-state index contributed by atoms with van der Waals surface area (Å²) in [4.78, 5) is 11.5. The number of hydrogen-bond acceptors (Lipinski definition) is 3. The van der Waals surface area contributed by atoms with Crippen molar-refractivity contribution in [3.63, 3.8) is 0 Å². The van der Waals surface area contributed by atoms with Gasteiger partial charge in [0.25, 0.3) is 0 Å². The van der Waals surface area contributed by atoms with E-state index in [1.54, 1.807) is 11.8 Å². The van der Waals surface area contributed by atoms with Crippen molar-refractivity contribution in [3.8, 4) is 0 Å². The Bertz CT molecular complexity index is 188. The molecule has 0 bridgehead atoms. The first kappa shape index (κ1) is 16.8. The lowest BCUT2D eigenvalue weighted by molar-refractivity contribution is -0.140. The van der Waals surface area contributed by atoms with E-state index in [0.29, 0.717) is 6.42 Å². The van der Waals surface area contributed by atoms with Crippen LogP contribution >= 0.6 is 11.8 Å². The fraction of sp³-hybridized carbons (Fsp3) is 0.923. The second-order valence-corrected chi connectivity index (χ2v) is 5.44. The van der Waals surface area contributed by atoms with Crippen molar-refractivity contribution in [1.82, 2.24) is 0 Å². The number of alkyl halides is 1. The monoisotopic (exact) mass is 264 g/mol. The van der Waals surface area contributed by atoms with Crippen molar-refractivity contribution in [2.24, 2.45) is 0 Å². The average Bonchev–Trinajstić information content (AvgIpc) is 2.35. The number of esters is 1. The number of thioether (sulfide) groups is 1. The van der Waals surface area contributed by atoms with Gasteiger partial charge in [-0.1, -0.05) is 32.6 Å². The second-order valence-electron chi connectivity index (χ2n) is 4.13. The fourth-order valence-corrected chi connectivity index (χ4v) is 2.80. The molecule has 0 amide bonds.